The Bertz CT molecular complexity index is 1190. The minimum atomic E-state index is -0.491. The van der Waals surface area contributed by atoms with Gasteiger partial charge in [-0.1, -0.05) is 19.1 Å². The molecule has 2 aliphatic rings. The van der Waals surface area contributed by atoms with Crippen molar-refractivity contribution >= 4 is 46.6 Å². The van der Waals surface area contributed by atoms with Crippen LogP contribution in [0.5, 0.6) is 5.75 Å². The smallest absolute Gasteiger partial charge is 0.270 e. The van der Waals surface area contributed by atoms with E-state index in [0.29, 0.717) is 24.0 Å². The fraction of sp³-hybridized carbons (Fsp3) is 0.370. The summed E-state index contributed by atoms with van der Waals surface area (Å²) in [5, 5.41) is 2.71. The Balaban J connectivity index is 1.71. The molecule has 6 nitrogen and oxygen atoms in total. The number of amides is 2. The molecule has 0 aliphatic carbocycles. The predicted molar refractivity (Wildman–Crippen MR) is 140 cm³/mol. The lowest BCUT2D eigenvalue weighted by Gasteiger charge is -2.47. The van der Waals surface area contributed by atoms with Crippen LogP contribution in [0.25, 0.3) is 6.08 Å². The number of carbonyl (C=O) groups excluding carboxylic acids is 2. The third-order valence-corrected chi connectivity index (χ3v) is 6.81. The summed E-state index contributed by atoms with van der Waals surface area (Å²) in [7, 11) is 0. The van der Waals surface area contributed by atoms with E-state index in [2.05, 4.69) is 50.0 Å². The largest absolute Gasteiger partial charge is 0.494 e. The molecule has 1 N–H and O–H groups in total. The highest BCUT2D eigenvalue weighted by molar-refractivity contribution is 7.80. The van der Waals surface area contributed by atoms with Gasteiger partial charge in [0.2, 0.25) is 0 Å². The molecule has 1 fully saturated rings. The zero-order valence-corrected chi connectivity index (χ0v) is 21.2. The van der Waals surface area contributed by atoms with Crippen molar-refractivity contribution in [2.24, 2.45) is 0 Å². The van der Waals surface area contributed by atoms with Crippen LogP contribution in [-0.4, -0.2) is 35.6 Å². The third kappa shape index (κ3) is 4.32. The molecule has 2 aromatic rings. The van der Waals surface area contributed by atoms with E-state index in [1.54, 1.807) is 24.3 Å². The van der Waals surface area contributed by atoms with Gasteiger partial charge in [-0.2, -0.15) is 0 Å². The van der Waals surface area contributed by atoms with Crippen molar-refractivity contribution < 1.29 is 14.3 Å². The molecule has 2 heterocycles. The maximum Gasteiger partial charge on any atom is 0.270 e. The van der Waals surface area contributed by atoms with E-state index in [0.717, 1.165) is 18.5 Å². The van der Waals surface area contributed by atoms with Crippen LogP contribution in [0.3, 0.4) is 0 Å². The van der Waals surface area contributed by atoms with Crippen molar-refractivity contribution in [1.29, 1.82) is 0 Å². The maximum atomic E-state index is 13.4. The quantitative estimate of drug-likeness (QED) is 0.372. The second-order valence-corrected chi connectivity index (χ2v) is 9.76. The molecule has 0 aromatic heterocycles. The Kier molecular flexibility index (Phi) is 6.49. The Labute approximate surface area is 206 Å². The van der Waals surface area contributed by atoms with E-state index in [4.69, 9.17) is 17.0 Å². The van der Waals surface area contributed by atoms with E-state index in [1.165, 1.54) is 16.2 Å². The standard InChI is InChI=1S/C27H31N3O3S/c1-6-29-23-12-11-18(13-21(23)17(3)16-27(29,4)5)14-22-24(31)28-26(34)30(25(22)32)19-9-8-10-20(15-19)33-7-2/h8-15,17H,6-7,16H2,1-5H3,(H,28,31,34)/b22-14-. The number of nitrogens with one attached hydrogen (secondary N) is 1. The number of rotatable bonds is 5. The summed E-state index contributed by atoms with van der Waals surface area (Å²) in [6.07, 6.45) is 2.69. The number of hydrogen-bond acceptors (Lipinski definition) is 5. The average Bonchev–Trinajstić information content (AvgIpc) is 2.77. The van der Waals surface area contributed by atoms with E-state index in [-0.39, 0.29) is 16.2 Å². The predicted octanol–water partition coefficient (Wildman–Crippen LogP) is 5.03. The zero-order chi connectivity index (χ0) is 24.6. The van der Waals surface area contributed by atoms with E-state index >= 15 is 0 Å². The summed E-state index contributed by atoms with van der Waals surface area (Å²) >= 11 is 5.33. The van der Waals surface area contributed by atoms with Crippen LogP contribution in [-0.2, 0) is 9.59 Å². The van der Waals surface area contributed by atoms with Crippen LogP contribution in [0.4, 0.5) is 11.4 Å². The molecular formula is C27H31N3O3S. The second-order valence-electron chi connectivity index (χ2n) is 9.37. The highest BCUT2D eigenvalue weighted by Gasteiger charge is 2.37. The Morgan fingerprint density at radius 3 is 2.65 bits per heavy atom. The molecule has 1 atom stereocenters. The molecule has 1 saturated heterocycles. The molecule has 4 rings (SSSR count). The molecule has 2 aliphatic heterocycles. The van der Waals surface area contributed by atoms with E-state index in [1.807, 2.05) is 19.1 Å². The summed E-state index contributed by atoms with van der Waals surface area (Å²) in [6, 6.07) is 13.3. The Hall–Kier alpha value is -3.19. The number of thiocarbonyl (C=S) groups is 1. The highest BCUT2D eigenvalue weighted by atomic mass is 32.1. The highest BCUT2D eigenvalue weighted by Crippen LogP contribution is 2.43. The van der Waals surface area contributed by atoms with Crippen LogP contribution in [0.15, 0.2) is 48.0 Å². The van der Waals surface area contributed by atoms with Gasteiger partial charge < -0.3 is 9.64 Å². The lowest BCUT2D eigenvalue weighted by Crippen LogP contribution is -2.54. The van der Waals surface area contributed by atoms with Gasteiger partial charge in [-0.3, -0.25) is 19.8 Å². The number of nitrogens with zero attached hydrogens (tertiary/aromatic N) is 2. The first-order chi connectivity index (χ1) is 16.2. The van der Waals surface area contributed by atoms with Gasteiger partial charge in [0.25, 0.3) is 11.8 Å². The van der Waals surface area contributed by atoms with Crippen LogP contribution in [0.1, 0.15) is 58.1 Å². The summed E-state index contributed by atoms with van der Waals surface area (Å²) in [4.78, 5) is 29.9. The molecule has 7 heteroatoms. The van der Waals surface area contributed by atoms with Crippen LogP contribution < -0.4 is 19.9 Å². The molecule has 0 radical (unpaired) electrons. The third-order valence-electron chi connectivity index (χ3n) is 6.53. The topological polar surface area (TPSA) is 61.9 Å². The number of hydrogen-bond donors (Lipinski definition) is 1. The van der Waals surface area contributed by atoms with Crippen molar-refractivity contribution in [3.8, 4) is 5.75 Å². The van der Waals surface area contributed by atoms with Crippen molar-refractivity contribution in [1.82, 2.24) is 5.32 Å². The molecule has 2 amide bonds. The van der Waals surface area contributed by atoms with Crippen LogP contribution in [0.2, 0.25) is 0 Å². The van der Waals surface area contributed by atoms with Gasteiger partial charge >= 0.3 is 0 Å². The summed E-state index contributed by atoms with van der Waals surface area (Å²) in [5.41, 5.74) is 3.93. The minimum Gasteiger partial charge on any atom is -0.494 e. The first-order valence-electron chi connectivity index (χ1n) is 11.7. The number of anilines is 2. The van der Waals surface area contributed by atoms with E-state index in [9.17, 15) is 9.59 Å². The number of ether oxygens (including phenoxy) is 1. The Morgan fingerprint density at radius 2 is 1.94 bits per heavy atom. The lowest BCUT2D eigenvalue weighted by molar-refractivity contribution is -0.122. The first kappa shape index (κ1) is 24.0. The normalized spacial score (nSPS) is 20.9. The van der Waals surface area contributed by atoms with Gasteiger partial charge in [-0.05, 0) is 93.7 Å². The molecular weight excluding hydrogens is 446 g/mol. The monoisotopic (exact) mass is 477 g/mol. The molecule has 1 unspecified atom stereocenters. The summed E-state index contributed by atoms with van der Waals surface area (Å²) in [5.74, 6) is 0.0521. The maximum absolute atomic E-state index is 13.4. The average molecular weight is 478 g/mol. The minimum absolute atomic E-state index is 0.0477. The summed E-state index contributed by atoms with van der Waals surface area (Å²) in [6.45, 7) is 12.3. The van der Waals surface area contributed by atoms with Crippen LogP contribution in [0, 0.1) is 0 Å². The first-order valence-corrected chi connectivity index (χ1v) is 12.1. The van der Waals surface area contributed by atoms with Crippen molar-refractivity contribution in [2.75, 3.05) is 23.0 Å². The zero-order valence-electron chi connectivity index (χ0n) is 20.3. The second kappa shape index (κ2) is 9.22. The molecule has 0 bridgehead atoms. The van der Waals surface area contributed by atoms with Crippen molar-refractivity contribution in [3.05, 3.63) is 59.2 Å². The molecule has 34 heavy (non-hydrogen) atoms. The van der Waals surface area contributed by atoms with Crippen molar-refractivity contribution in [2.45, 2.75) is 52.5 Å². The van der Waals surface area contributed by atoms with Gasteiger partial charge in [0.15, 0.2) is 5.11 Å². The summed E-state index contributed by atoms with van der Waals surface area (Å²) < 4.78 is 5.56. The lowest BCUT2D eigenvalue weighted by atomic mass is 9.79. The molecule has 2 aromatic carbocycles. The number of carbonyl (C=O) groups is 2. The van der Waals surface area contributed by atoms with E-state index < -0.39 is 11.8 Å². The van der Waals surface area contributed by atoms with Gasteiger partial charge in [-0.25, -0.2) is 0 Å². The number of fused-ring (bicyclic) bond motifs is 1. The Morgan fingerprint density at radius 1 is 1.18 bits per heavy atom. The fourth-order valence-electron chi connectivity index (χ4n) is 5.13. The number of benzene rings is 2. The van der Waals surface area contributed by atoms with Crippen LogP contribution >= 0.6 is 12.2 Å². The molecule has 0 spiro atoms. The van der Waals surface area contributed by atoms with Gasteiger partial charge in [0.1, 0.15) is 11.3 Å². The van der Waals surface area contributed by atoms with Gasteiger partial charge in [-0.15, -0.1) is 0 Å². The fourth-order valence-corrected chi connectivity index (χ4v) is 5.42. The SMILES string of the molecule is CCOc1cccc(N2C(=O)/C(=C\c3ccc4c(c3)C(C)CC(C)(C)N4CC)C(=O)NC2=S)c1. The van der Waals surface area contributed by atoms with Gasteiger partial charge in [0.05, 0.1) is 12.3 Å². The van der Waals surface area contributed by atoms with Crippen molar-refractivity contribution in [3.63, 3.8) is 0 Å². The van der Waals surface area contributed by atoms with Gasteiger partial charge in [0, 0.05) is 23.8 Å². The molecule has 178 valence electrons. The molecule has 0 saturated carbocycles.